The molecule has 0 radical (unpaired) electrons. The number of carbonyl (C=O) groups is 2. The van der Waals surface area contributed by atoms with Gasteiger partial charge in [0, 0.05) is 31.0 Å². The van der Waals surface area contributed by atoms with Crippen LogP contribution in [0.25, 0.3) is 0 Å². The maximum atomic E-state index is 11.0. The zero-order valence-electron chi connectivity index (χ0n) is 10.7. The fourth-order valence-electron chi connectivity index (χ4n) is 1.55. The highest BCUT2D eigenvalue weighted by Crippen LogP contribution is 2.29. The lowest BCUT2D eigenvalue weighted by atomic mass is 10.1. The minimum absolute atomic E-state index is 0.137. The fourth-order valence-corrected chi connectivity index (χ4v) is 1.55. The van der Waals surface area contributed by atoms with Gasteiger partial charge in [0.2, 0.25) is 0 Å². The Bertz CT molecular complexity index is 509. The molecule has 102 valence electrons. The molecule has 0 unspecified atom stereocenters. The van der Waals surface area contributed by atoms with E-state index in [2.05, 4.69) is 0 Å². The average Bonchev–Trinajstić information content (AvgIpc) is 2.26. The Morgan fingerprint density at radius 2 is 1.74 bits per heavy atom. The van der Waals surface area contributed by atoms with E-state index in [-0.39, 0.29) is 16.8 Å². The highest BCUT2D eigenvalue weighted by molar-refractivity contribution is 5.68. The Morgan fingerprint density at radius 3 is 2.16 bits per heavy atom. The van der Waals surface area contributed by atoms with Gasteiger partial charge in [-0.05, 0) is 6.92 Å². The molecular formula is C12H13NO6. The molecule has 0 heterocycles. The molecule has 1 aromatic rings. The monoisotopic (exact) mass is 267 g/mol. The van der Waals surface area contributed by atoms with Gasteiger partial charge in [-0.1, -0.05) is 12.1 Å². The van der Waals surface area contributed by atoms with Crippen molar-refractivity contribution >= 4 is 17.6 Å². The summed E-state index contributed by atoms with van der Waals surface area (Å²) in [6.45, 7) is 3.81. The quantitative estimate of drug-likeness (QED) is 0.358. The molecule has 19 heavy (non-hydrogen) atoms. The molecule has 0 amide bonds. The van der Waals surface area contributed by atoms with E-state index in [0.717, 1.165) is 13.8 Å². The van der Waals surface area contributed by atoms with Crippen LogP contribution in [0, 0.1) is 17.0 Å². The van der Waals surface area contributed by atoms with Crippen molar-refractivity contribution < 1.29 is 24.0 Å². The minimum atomic E-state index is -1.28. The van der Waals surface area contributed by atoms with E-state index < -0.39 is 23.2 Å². The SMILES string of the molecule is CC(=O)OC(OC(C)=O)c1cccc([N+](=O)[O-])c1C. The van der Waals surface area contributed by atoms with Crippen molar-refractivity contribution in [3.63, 3.8) is 0 Å². The van der Waals surface area contributed by atoms with Crippen LogP contribution in [-0.2, 0) is 19.1 Å². The Kier molecular flexibility index (Phi) is 4.57. The van der Waals surface area contributed by atoms with E-state index in [9.17, 15) is 19.7 Å². The molecule has 0 aliphatic rings. The zero-order valence-corrected chi connectivity index (χ0v) is 10.7. The van der Waals surface area contributed by atoms with Crippen LogP contribution in [0.3, 0.4) is 0 Å². The molecule has 0 aromatic heterocycles. The topological polar surface area (TPSA) is 95.7 Å². The van der Waals surface area contributed by atoms with Crippen molar-refractivity contribution in [2.24, 2.45) is 0 Å². The molecule has 0 aliphatic heterocycles. The second kappa shape index (κ2) is 5.94. The predicted molar refractivity (Wildman–Crippen MR) is 64.1 cm³/mol. The Morgan fingerprint density at radius 1 is 1.21 bits per heavy atom. The van der Waals surface area contributed by atoms with Gasteiger partial charge in [-0.15, -0.1) is 0 Å². The van der Waals surface area contributed by atoms with E-state index >= 15 is 0 Å². The van der Waals surface area contributed by atoms with Crippen molar-refractivity contribution in [2.75, 3.05) is 0 Å². The molecule has 0 spiro atoms. The standard InChI is InChI=1S/C12H13NO6/c1-7-10(5-4-6-11(7)13(16)17)12(18-8(2)14)19-9(3)15/h4-6,12H,1-3H3. The molecule has 7 nitrogen and oxygen atoms in total. The van der Waals surface area contributed by atoms with Gasteiger partial charge in [-0.2, -0.15) is 0 Å². The number of carbonyl (C=O) groups excluding carboxylic acids is 2. The molecule has 0 N–H and O–H groups in total. The van der Waals surface area contributed by atoms with Gasteiger partial charge >= 0.3 is 11.9 Å². The van der Waals surface area contributed by atoms with Gasteiger partial charge in [0.15, 0.2) is 0 Å². The Labute approximate surface area is 109 Å². The van der Waals surface area contributed by atoms with Crippen LogP contribution in [-0.4, -0.2) is 16.9 Å². The Balaban J connectivity index is 3.21. The van der Waals surface area contributed by atoms with E-state index in [1.54, 1.807) is 0 Å². The highest BCUT2D eigenvalue weighted by atomic mass is 16.7. The van der Waals surface area contributed by atoms with Crippen LogP contribution in [0.5, 0.6) is 0 Å². The third kappa shape index (κ3) is 3.77. The van der Waals surface area contributed by atoms with Gasteiger partial charge in [-0.25, -0.2) is 0 Å². The third-order valence-corrected chi connectivity index (χ3v) is 2.34. The number of nitro groups is 1. The summed E-state index contributed by atoms with van der Waals surface area (Å²) in [6, 6.07) is 4.25. The van der Waals surface area contributed by atoms with Crippen LogP contribution >= 0.6 is 0 Å². The number of rotatable bonds is 4. The highest BCUT2D eigenvalue weighted by Gasteiger charge is 2.24. The third-order valence-electron chi connectivity index (χ3n) is 2.34. The largest absolute Gasteiger partial charge is 0.421 e. The summed E-state index contributed by atoms with van der Waals surface area (Å²) in [4.78, 5) is 32.3. The number of esters is 2. The molecule has 0 bridgehead atoms. The summed E-state index contributed by atoms with van der Waals surface area (Å²) >= 11 is 0. The predicted octanol–water partition coefficient (Wildman–Crippen LogP) is 2.03. The van der Waals surface area contributed by atoms with Gasteiger partial charge in [0.05, 0.1) is 4.92 Å². The van der Waals surface area contributed by atoms with Crippen LogP contribution in [0.4, 0.5) is 5.69 Å². The lowest BCUT2D eigenvalue weighted by Crippen LogP contribution is -2.16. The van der Waals surface area contributed by atoms with Crippen LogP contribution in [0.1, 0.15) is 31.3 Å². The number of nitrogens with zero attached hydrogens (tertiary/aromatic N) is 1. The van der Waals surface area contributed by atoms with Crippen LogP contribution < -0.4 is 0 Å². The summed E-state index contributed by atoms with van der Waals surface area (Å²) in [5, 5.41) is 10.8. The summed E-state index contributed by atoms with van der Waals surface area (Å²) in [5.74, 6) is -1.31. The number of hydrogen-bond donors (Lipinski definition) is 0. The summed E-state index contributed by atoms with van der Waals surface area (Å²) in [7, 11) is 0. The fraction of sp³-hybridized carbons (Fsp3) is 0.333. The number of benzene rings is 1. The zero-order chi connectivity index (χ0) is 14.6. The van der Waals surface area contributed by atoms with Gasteiger partial charge < -0.3 is 9.47 Å². The van der Waals surface area contributed by atoms with E-state index in [1.165, 1.54) is 25.1 Å². The molecule has 0 saturated carbocycles. The van der Waals surface area contributed by atoms with Crippen molar-refractivity contribution in [3.8, 4) is 0 Å². The molecule has 0 atom stereocenters. The maximum Gasteiger partial charge on any atom is 0.305 e. The van der Waals surface area contributed by atoms with E-state index in [1.807, 2.05) is 0 Å². The Hall–Kier alpha value is -2.44. The number of hydrogen-bond acceptors (Lipinski definition) is 6. The normalized spacial score (nSPS) is 10.1. The molecule has 1 rings (SSSR count). The van der Waals surface area contributed by atoms with Gasteiger partial charge in [-0.3, -0.25) is 19.7 Å². The lowest BCUT2D eigenvalue weighted by Gasteiger charge is -2.18. The summed E-state index contributed by atoms with van der Waals surface area (Å²) in [6.07, 6.45) is -1.28. The van der Waals surface area contributed by atoms with Crippen molar-refractivity contribution in [1.29, 1.82) is 0 Å². The number of ether oxygens (including phenoxy) is 2. The van der Waals surface area contributed by atoms with Gasteiger partial charge in [0.25, 0.3) is 12.0 Å². The summed E-state index contributed by atoms with van der Waals surface area (Å²) in [5.41, 5.74) is 0.404. The summed E-state index contributed by atoms with van der Waals surface area (Å²) < 4.78 is 9.72. The lowest BCUT2D eigenvalue weighted by molar-refractivity contribution is -0.385. The van der Waals surface area contributed by atoms with E-state index in [0.29, 0.717) is 0 Å². The van der Waals surface area contributed by atoms with Crippen LogP contribution in [0.15, 0.2) is 18.2 Å². The first-order valence-corrected chi connectivity index (χ1v) is 5.41. The first-order valence-electron chi connectivity index (χ1n) is 5.41. The van der Waals surface area contributed by atoms with Crippen molar-refractivity contribution in [3.05, 3.63) is 39.4 Å². The molecule has 0 fully saturated rings. The second-order valence-corrected chi connectivity index (χ2v) is 3.80. The molecule has 7 heteroatoms. The molecule has 1 aromatic carbocycles. The first kappa shape index (κ1) is 14.6. The van der Waals surface area contributed by atoms with Crippen LogP contribution in [0.2, 0.25) is 0 Å². The molecule has 0 aliphatic carbocycles. The average molecular weight is 267 g/mol. The maximum absolute atomic E-state index is 11.0. The minimum Gasteiger partial charge on any atom is -0.421 e. The number of nitro benzene ring substituents is 1. The van der Waals surface area contributed by atoms with E-state index in [4.69, 9.17) is 9.47 Å². The second-order valence-electron chi connectivity index (χ2n) is 3.80. The first-order chi connectivity index (χ1) is 8.82. The smallest absolute Gasteiger partial charge is 0.305 e. The molecular weight excluding hydrogens is 254 g/mol. The molecule has 0 saturated heterocycles. The van der Waals surface area contributed by atoms with Gasteiger partial charge in [0.1, 0.15) is 0 Å². The van der Waals surface area contributed by atoms with Crippen molar-refractivity contribution in [2.45, 2.75) is 27.1 Å². The van der Waals surface area contributed by atoms with Crippen molar-refractivity contribution in [1.82, 2.24) is 0 Å².